The van der Waals surface area contributed by atoms with Crippen molar-refractivity contribution < 1.29 is 9.18 Å². The van der Waals surface area contributed by atoms with Gasteiger partial charge in [-0.15, -0.1) is 0 Å². The highest BCUT2D eigenvalue weighted by Gasteiger charge is 2.18. The van der Waals surface area contributed by atoms with Gasteiger partial charge in [0, 0.05) is 34.9 Å². The first-order valence-electron chi connectivity index (χ1n) is 6.84. The Kier molecular flexibility index (Phi) is 3.44. The van der Waals surface area contributed by atoms with Crippen LogP contribution in [-0.2, 0) is 0 Å². The lowest BCUT2D eigenvalue weighted by atomic mass is 10.1. The van der Waals surface area contributed by atoms with Gasteiger partial charge in [0.25, 0.3) is 5.91 Å². The SMILES string of the molecule is CCN(C(=O)c1cccc2[nH]ccc12)c1cccc(F)c1. The molecule has 0 spiro atoms. The van der Waals surface area contributed by atoms with Crippen LogP contribution in [0, 0.1) is 5.82 Å². The number of nitrogens with zero attached hydrogens (tertiary/aromatic N) is 1. The molecular weight excluding hydrogens is 267 g/mol. The summed E-state index contributed by atoms with van der Waals surface area (Å²) in [5.74, 6) is -0.480. The second kappa shape index (κ2) is 5.40. The van der Waals surface area contributed by atoms with Gasteiger partial charge in [0.1, 0.15) is 5.82 Å². The molecule has 0 aliphatic rings. The molecule has 1 heterocycles. The molecule has 3 aromatic rings. The minimum absolute atomic E-state index is 0.131. The molecule has 21 heavy (non-hydrogen) atoms. The van der Waals surface area contributed by atoms with Crippen molar-refractivity contribution in [1.82, 2.24) is 4.98 Å². The molecule has 0 fully saturated rings. The smallest absolute Gasteiger partial charge is 0.258 e. The number of benzene rings is 2. The van der Waals surface area contributed by atoms with Crippen molar-refractivity contribution in [1.29, 1.82) is 0 Å². The fraction of sp³-hybridized carbons (Fsp3) is 0.118. The van der Waals surface area contributed by atoms with Gasteiger partial charge >= 0.3 is 0 Å². The number of halogens is 1. The Morgan fingerprint density at radius 2 is 2.00 bits per heavy atom. The lowest BCUT2D eigenvalue weighted by Gasteiger charge is -2.21. The zero-order chi connectivity index (χ0) is 14.8. The van der Waals surface area contributed by atoms with Crippen molar-refractivity contribution in [3.63, 3.8) is 0 Å². The van der Waals surface area contributed by atoms with E-state index in [2.05, 4.69) is 4.98 Å². The molecule has 0 radical (unpaired) electrons. The number of anilines is 1. The van der Waals surface area contributed by atoms with Gasteiger partial charge in [0.15, 0.2) is 0 Å². The molecule has 3 rings (SSSR count). The van der Waals surface area contributed by atoms with Crippen molar-refractivity contribution in [3.05, 3.63) is 66.1 Å². The third-order valence-corrected chi connectivity index (χ3v) is 3.51. The summed E-state index contributed by atoms with van der Waals surface area (Å²) < 4.78 is 13.4. The van der Waals surface area contributed by atoms with E-state index >= 15 is 0 Å². The molecule has 1 N–H and O–H groups in total. The summed E-state index contributed by atoms with van der Waals surface area (Å²) in [6, 6.07) is 13.5. The van der Waals surface area contributed by atoms with Crippen LogP contribution in [0.1, 0.15) is 17.3 Å². The number of carbonyl (C=O) groups excluding carboxylic acids is 1. The van der Waals surface area contributed by atoms with Crippen LogP contribution in [0.15, 0.2) is 54.7 Å². The number of nitrogens with one attached hydrogen (secondary N) is 1. The van der Waals surface area contributed by atoms with Crippen LogP contribution in [0.5, 0.6) is 0 Å². The van der Waals surface area contributed by atoms with Crippen molar-refractivity contribution in [3.8, 4) is 0 Å². The minimum atomic E-state index is -0.349. The zero-order valence-electron chi connectivity index (χ0n) is 11.6. The van der Waals surface area contributed by atoms with Crippen LogP contribution in [0.25, 0.3) is 10.9 Å². The van der Waals surface area contributed by atoms with E-state index in [9.17, 15) is 9.18 Å². The summed E-state index contributed by atoms with van der Waals surface area (Å²) in [6.45, 7) is 2.35. The van der Waals surface area contributed by atoms with Crippen molar-refractivity contribution >= 4 is 22.5 Å². The highest BCUT2D eigenvalue weighted by atomic mass is 19.1. The van der Waals surface area contributed by atoms with E-state index in [1.165, 1.54) is 12.1 Å². The van der Waals surface area contributed by atoms with Gasteiger partial charge in [-0.2, -0.15) is 0 Å². The van der Waals surface area contributed by atoms with Crippen molar-refractivity contribution in [2.24, 2.45) is 0 Å². The monoisotopic (exact) mass is 282 g/mol. The van der Waals surface area contributed by atoms with Gasteiger partial charge in [-0.1, -0.05) is 12.1 Å². The largest absolute Gasteiger partial charge is 0.361 e. The molecule has 4 heteroatoms. The number of hydrogen-bond acceptors (Lipinski definition) is 1. The summed E-state index contributed by atoms with van der Waals surface area (Å²) in [5, 5.41) is 0.873. The van der Waals surface area contributed by atoms with E-state index in [1.807, 2.05) is 25.1 Å². The molecule has 0 aliphatic heterocycles. The molecule has 3 nitrogen and oxygen atoms in total. The third kappa shape index (κ3) is 2.40. The van der Waals surface area contributed by atoms with Crippen molar-refractivity contribution in [2.75, 3.05) is 11.4 Å². The zero-order valence-corrected chi connectivity index (χ0v) is 11.6. The lowest BCUT2D eigenvalue weighted by molar-refractivity contribution is 0.0990. The van der Waals surface area contributed by atoms with E-state index in [1.54, 1.807) is 29.3 Å². The predicted molar refractivity (Wildman–Crippen MR) is 82.0 cm³/mol. The molecule has 1 aromatic heterocycles. The molecule has 0 bridgehead atoms. The maximum absolute atomic E-state index is 13.4. The number of carbonyl (C=O) groups is 1. The van der Waals surface area contributed by atoms with Crippen LogP contribution in [-0.4, -0.2) is 17.4 Å². The number of fused-ring (bicyclic) bond motifs is 1. The number of aromatic nitrogens is 1. The van der Waals surface area contributed by atoms with Crippen LogP contribution < -0.4 is 4.90 Å². The number of aromatic amines is 1. The second-order valence-electron chi connectivity index (χ2n) is 4.77. The average molecular weight is 282 g/mol. The van der Waals surface area contributed by atoms with E-state index in [4.69, 9.17) is 0 Å². The Hall–Kier alpha value is -2.62. The average Bonchev–Trinajstić information content (AvgIpc) is 2.96. The minimum Gasteiger partial charge on any atom is -0.361 e. The normalized spacial score (nSPS) is 10.8. The molecule has 0 aliphatic carbocycles. The molecule has 1 amide bonds. The van der Waals surface area contributed by atoms with E-state index in [0.29, 0.717) is 17.8 Å². The first kappa shape index (κ1) is 13.4. The Morgan fingerprint density at radius 1 is 1.19 bits per heavy atom. The fourth-order valence-corrected chi connectivity index (χ4v) is 2.50. The van der Waals surface area contributed by atoms with Gasteiger partial charge in [0.05, 0.1) is 0 Å². The lowest BCUT2D eigenvalue weighted by Crippen LogP contribution is -2.30. The molecule has 0 saturated carbocycles. The molecule has 0 atom stereocenters. The number of rotatable bonds is 3. The number of H-pyrrole nitrogens is 1. The third-order valence-electron chi connectivity index (χ3n) is 3.51. The molecular formula is C17H15FN2O. The van der Waals surface area contributed by atoms with Crippen LogP contribution in [0.3, 0.4) is 0 Å². The highest BCUT2D eigenvalue weighted by molar-refractivity contribution is 6.13. The van der Waals surface area contributed by atoms with E-state index < -0.39 is 0 Å². The standard InChI is InChI=1S/C17H15FN2O/c1-2-20(13-6-3-5-12(18)11-13)17(21)15-7-4-8-16-14(15)9-10-19-16/h3-11,19H,2H2,1H3. The second-order valence-corrected chi connectivity index (χ2v) is 4.77. The first-order valence-corrected chi connectivity index (χ1v) is 6.84. The van der Waals surface area contributed by atoms with Gasteiger partial charge in [-0.05, 0) is 43.3 Å². The maximum Gasteiger partial charge on any atom is 0.258 e. The quantitative estimate of drug-likeness (QED) is 0.775. The number of amides is 1. The summed E-state index contributed by atoms with van der Waals surface area (Å²) in [5.41, 5.74) is 2.09. The Bertz CT molecular complexity index is 794. The molecule has 0 unspecified atom stereocenters. The van der Waals surface area contributed by atoms with E-state index in [0.717, 1.165) is 10.9 Å². The Morgan fingerprint density at radius 3 is 2.76 bits per heavy atom. The predicted octanol–water partition coefficient (Wildman–Crippen LogP) is 3.97. The molecule has 106 valence electrons. The topological polar surface area (TPSA) is 36.1 Å². The van der Waals surface area contributed by atoms with E-state index in [-0.39, 0.29) is 11.7 Å². The van der Waals surface area contributed by atoms with Crippen LogP contribution in [0.4, 0.5) is 10.1 Å². The highest BCUT2D eigenvalue weighted by Crippen LogP contribution is 2.23. The first-order chi connectivity index (χ1) is 10.2. The van der Waals surface area contributed by atoms with Crippen LogP contribution in [0.2, 0.25) is 0 Å². The van der Waals surface area contributed by atoms with Gasteiger partial charge in [-0.25, -0.2) is 4.39 Å². The van der Waals surface area contributed by atoms with Crippen LogP contribution >= 0.6 is 0 Å². The number of hydrogen-bond donors (Lipinski definition) is 1. The maximum atomic E-state index is 13.4. The van der Waals surface area contributed by atoms with Gasteiger partial charge in [-0.3, -0.25) is 4.79 Å². The van der Waals surface area contributed by atoms with Gasteiger partial charge < -0.3 is 9.88 Å². The summed E-state index contributed by atoms with van der Waals surface area (Å²) >= 11 is 0. The fourth-order valence-electron chi connectivity index (χ4n) is 2.50. The summed E-state index contributed by atoms with van der Waals surface area (Å²) in [6.07, 6.45) is 1.81. The summed E-state index contributed by atoms with van der Waals surface area (Å²) in [4.78, 5) is 17.5. The van der Waals surface area contributed by atoms with Crippen molar-refractivity contribution in [2.45, 2.75) is 6.92 Å². The van der Waals surface area contributed by atoms with Gasteiger partial charge in [0.2, 0.25) is 0 Å². The summed E-state index contributed by atoms with van der Waals surface area (Å²) in [7, 11) is 0. The Labute approximate surface area is 122 Å². The molecule has 2 aromatic carbocycles. The Balaban J connectivity index is 2.05. The molecule has 0 saturated heterocycles.